The summed E-state index contributed by atoms with van der Waals surface area (Å²) in [6.07, 6.45) is 0. The molecule has 0 radical (unpaired) electrons. The van der Waals surface area contributed by atoms with E-state index in [-0.39, 0.29) is 10.5 Å². The van der Waals surface area contributed by atoms with Crippen LogP contribution in [0.2, 0.25) is 0 Å². The predicted molar refractivity (Wildman–Crippen MR) is 116 cm³/mol. The molecule has 1 aromatic heterocycles. The summed E-state index contributed by atoms with van der Waals surface area (Å²) >= 11 is 1.20. The molecule has 1 heterocycles. The molecule has 2 N–H and O–H groups in total. The van der Waals surface area contributed by atoms with Gasteiger partial charge in [0.05, 0.1) is 17.6 Å². The second-order valence-electron chi connectivity index (χ2n) is 6.76. The van der Waals surface area contributed by atoms with Gasteiger partial charge in [-0.05, 0) is 56.5 Å². The molecule has 9 nitrogen and oxygen atoms in total. The molecule has 0 spiro atoms. The molecule has 31 heavy (non-hydrogen) atoms. The molecule has 0 aliphatic heterocycles. The first kappa shape index (κ1) is 24.5. The van der Waals surface area contributed by atoms with E-state index in [0.717, 1.165) is 16.0 Å². The van der Waals surface area contributed by atoms with Gasteiger partial charge in [-0.25, -0.2) is 13.2 Å². The van der Waals surface area contributed by atoms with Crippen LogP contribution in [0.5, 0.6) is 0 Å². The molecule has 1 amide bonds. The molecule has 2 aromatic rings. The lowest BCUT2D eigenvalue weighted by Crippen LogP contribution is -2.32. The number of methoxy groups -OCH3 is 1. The molecule has 0 aliphatic rings. The largest absolute Gasteiger partial charge is 0.465 e. The van der Waals surface area contributed by atoms with Crippen LogP contribution in [-0.4, -0.2) is 46.5 Å². The molecule has 0 unspecified atom stereocenters. The number of rotatable bonds is 8. The first-order valence-corrected chi connectivity index (χ1v) is 11.5. The van der Waals surface area contributed by atoms with Crippen LogP contribution in [0.3, 0.4) is 0 Å². The number of anilines is 1. The first-order chi connectivity index (χ1) is 14.5. The Labute approximate surface area is 184 Å². The van der Waals surface area contributed by atoms with E-state index in [0.29, 0.717) is 10.6 Å². The summed E-state index contributed by atoms with van der Waals surface area (Å²) in [5.41, 5.74) is 2.67. The number of esters is 2. The monoisotopic (exact) mass is 468 g/mol. The Hall–Kier alpha value is -2.76. The molecule has 0 bridgehead atoms. The summed E-state index contributed by atoms with van der Waals surface area (Å²) in [5, 5.41) is 2.81. The van der Waals surface area contributed by atoms with Crippen LogP contribution in [0.25, 0.3) is 0 Å². The van der Waals surface area contributed by atoms with Gasteiger partial charge in [-0.2, -0.15) is 4.72 Å². The standard InChI is InChI=1S/C20H24N2O7S2/c1-11-6-7-15(8-12(11)2)31(26,27)21-9-17(24)29-10-16(23)22-19-18(20(25)28-5)13(3)14(4)30-19/h6-8,21H,9-10H2,1-5H3,(H,22,23). The Morgan fingerprint density at radius 3 is 2.35 bits per heavy atom. The van der Waals surface area contributed by atoms with E-state index < -0.39 is 41.0 Å². The van der Waals surface area contributed by atoms with Crippen molar-refractivity contribution in [2.24, 2.45) is 0 Å². The van der Waals surface area contributed by atoms with Crippen molar-refractivity contribution in [1.29, 1.82) is 0 Å². The number of benzene rings is 1. The third-order valence-electron chi connectivity index (χ3n) is 4.59. The highest BCUT2D eigenvalue weighted by Crippen LogP contribution is 2.32. The second kappa shape index (κ2) is 10.0. The van der Waals surface area contributed by atoms with Crippen LogP contribution in [0, 0.1) is 27.7 Å². The van der Waals surface area contributed by atoms with Gasteiger partial charge in [0.25, 0.3) is 5.91 Å². The van der Waals surface area contributed by atoms with Gasteiger partial charge < -0.3 is 14.8 Å². The Bertz CT molecular complexity index is 1120. The molecule has 0 fully saturated rings. The molecular weight excluding hydrogens is 444 g/mol. The van der Waals surface area contributed by atoms with E-state index in [1.165, 1.54) is 30.6 Å². The predicted octanol–water partition coefficient (Wildman–Crippen LogP) is 2.23. The van der Waals surface area contributed by atoms with Gasteiger partial charge in [-0.15, -0.1) is 11.3 Å². The number of amides is 1. The average molecular weight is 469 g/mol. The highest BCUT2D eigenvalue weighted by molar-refractivity contribution is 7.89. The summed E-state index contributed by atoms with van der Waals surface area (Å²) in [6.45, 7) is 5.89. The summed E-state index contributed by atoms with van der Waals surface area (Å²) in [4.78, 5) is 36.8. The van der Waals surface area contributed by atoms with Crippen LogP contribution in [0.1, 0.15) is 31.9 Å². The lowest BCUT2D eigenvalue weighted by Gasteiger charge is -2.09. The Morgan fingerprint density at radius 1 is 1.06 bits per heavy atom. The minimum absolute atomic E-state index is 0.0277. The highest BCUT2D eigenvalue weighted by Gasteiger charge is 2.22. The fraction of sp³-hybridized carbons (Fsp3) is 0.350. The number of nitrogens with one attached hydrogen (secondary N) is 2. The van der Waals surface area contributed by atoms with E-state index in [1.54, 1.807) is 26.8 Å². The summed E-state index contributed by atoms with van der Waals surface area (Å²) in [7, 11) is -2.67. The van der Waals surface area contributed by atoms with Gasteiger partial charge in [-0.3, -0.25) is 9.59 Å². The fourth-order valence-electron chi connectivity index (χ4n) is 2.54. The SMILES string of the molecule is COC(=O)c1c(NC(=O)COC(=O)CNS(=O)(=O)c2ccc(C)c(C)c2)sc(C)c1C. The molecule has 0 saturated carbocycles. The topological polar surface area (TPSA) is 128 Å². The third kappa shape index (κ3) is 6.12. The Balaban J connectivity index is 1.92. The number of hydrogen-bond acceptors (Lipinski definition) is 8. The summed E-state index contributed by atoms with van der Waals surface area (Å²) < 4.78 is 36.3. The second-order valence-corrected chi connectivity index (χ2v) is 9.75. The lowest BCUT2D eigenvalue weighted by atomic mass is 10.1. The average Bonchev–Trinajstić information content (AvgIpc) is 2.99. The number of thiophene rings is 1. The number of hydrogen-bond donors (Lipinski definition) is 2. The van der Waals surface area contributed by atoms with Crippen LogP contribution >= 0.6 is 11.3 Å². The maximum atomic E-state index is 12.3. The molecule has 2 rings (SSSR count). The van der Waals surface area contributed by atoms with Crippen LogP contribution in [0.15, 0.2) is 23.1 Å². The number of aryl methyl sites for hydroxylation is 3. The lowest BCUT2D eigenvalue weighted by molar-refractivity contribution is -0.146. The summed E-state index contributed by atoms with van der Waals surface area (Å²) in [6, 6.07) is 4.61. The van der Waals surface area contributed by atoms with E-state index in [2.05, 4.69) is 10.0 Å². The summed E-state index contributed by atoms with van der Waals surface area (Å²) in [5.74, 6) is -2.18. The zero-order chi connectivity index (χ0) is 23.3. The Kier molecular flexibility index (Phi) is 7.93. The minimum Gasteiger partial charge on any atom is -0.465 e. The van der Waals surface area contributed by atoms with Crippen LogP contribution < -0.4 is 10.0 Å². The maximum absolute atomic E-state index is 12.3. The minimum atomic E-state index is -3.90. The quantitative estimate of drug-likeness (QED) is 0.569. The maximum Gasteiger partial charge on any atom is 0.341 e. The molecule has 168 valence electrons. The van der Waals surface area contributed by atoms with E-state index in [4.69, 9.17) is 9.47 Å². The molecule has 0 aliphatic carbocycles. The van der Waals surface area contributed by atoms with Gasteiger partial charge >= 0.3 is 11.9 Å². The smallest absolute Gasteiger partial charge is 0.341 e. The number of carbonyl (C=O) groups excluding carboxylic acids is 3. The van der Waals surface area contributed by atoms with Crippen molar-refractivity contribution in [1.82, 2.24) is 4.72 Å². The zero-order valence-electron chi connectivity index (χ0n) is 17.8. The zero-order valence-corrected chi connectivity index (χ0v) is 19.5. The third-order valence-corrected chi connectivity index (χ3v) is 7.11. The van der Waals surface area contributed by atoms with Crippen molar-refractivity contribution in [3.63, 3.8) is 0 Å². The van der Waals surface area contributed by atoms with Crippen molar-refractivity contribution in [3.05, 3.63) is 45.3 Å². The molecule has 11 heteroatoms. The first-order valence-electron chi connectivity index (χ1n) is 9.17. The normalized spacial score (nSPS) is 11.1. The van der Waals surface area contributed by atoms with Crippen molar-refractivity contribution in [2.75, 3.05) is 25.6 Å². The number of ether oxygens (including phenoxy) is 2. The van der Waals surface area contributed by atoms with E-state index in [1.807, 2.05) is 6.92 Å². The number of sulfonamides is 1. The molecular formula is C20H24N2O7S2. The van der Waals surface area contributed by atoms with Crippen molar-refractivity contribution in [3.8, 4) is 0 Å². The van der Waals surface area contributed by atoms with Gasteiger partial charge in [0.2, 0.25) is 10.0 Å². The van der Waals surface area contributed by atoms with Gasteiger partial charge in [0.15, 0.2) is 6.61 Å². The van der Waals surface area contributed by atoms with Gasteiger partial charge in [0, 0.05) is 4.88 Å². The molecule has 0 atom stereocenters. The number of carbonyl (C=O) groups is 3. The van der Waals surface area contributed by atoms with Crippen LogP contribution in [0.4, 0.5) is 5.00 Å². The van der Waals surface area contributed by atoms with Gasteiger partial charge in [-0.1, -0.05) is 6.07 Å². The van der Waals surface area contributed by atoms with Crippen molar-refractivity contribution < 1.29 is 32.3 Å². The van der Waals surface area contributed by atoms with Gasteiger partial charge in [0.1, 0.15) is 11.5 Å². The highest BCUT2D eigenvalue weighted by atomic mass is 32.2. The van der Waals surface area contributed by atoms with E-state index >= 15 is 0 Å². The van der Waals surface area contributed by atoms with Crippen LogP contribution in [-0.2, 0) is 29.1 Å². The Morgan fingerprint density at radius 2 is 1.74 bits per heavy atom. The fourth-order valence-corrected chi connectivity index (χ4v) is 4.66. The molecule has 1 aromatic carbocycles. The molecule has 0 saturated heterocycles. The van der Waals surface area contributed by atoms with Crippen molar-refractivity contribution >= 4 is 44.2 Å². The van der Waals surface area contributed by atoms with Crippen molar-refractivity contribution in [2.45, 2.75) is 32.6 Å². The van der Waals surface area contributed by atoms with E-state index in [9.17, 15) is 22.8 Å².